The Morgan fingerprint density at radius 3 is 1.83 bits per heavy atom. The van der Waals surface area contributed by atoms with Crippen LogP contribution in [-0.2, 0) is 0 Å². The molecule has 0 atom stereocenters. The van der Waals surface area contributed by atoms with Gasteiger partial charge in [0.15, 0.2) is 0 Å². The molecule has 4 amide bonds. The van der Waals surface area contributed by atoms with Crippen LogP contribution < -0.4 is 0 Å². The van der Waals surface area contributed by atoms with Gasteiger partial charge in [-0.2, -0.15) is 0 Å². The highest BCUT2D eigenvalue weighted by Gasteiger charge is 2.27. The van der Waals surface area contributed by atoms with E-state index >= 15 is 0 Å². The molecule has 0 radical (unpaired) electrons. The number of likely N-dealkylation sites (N-methyl/N-ethyl adjacent to an activating group) is 1. The molecule has 0 aromatic carbocycles. The number of likely N-dealkylation sites (tertiary alicyclic amines) is 1. The second-order valence-electron chi connectivity index (χ2n) is 6.68. The first-order chi connectivity index (χ1) is 11.6. The van der Waals surface area contributed by atoms with Crippen molar-refractivity contribution < 1.29 is 9.59 Å². The van der Waals surface area contributed by atoms with Gasteiger partial charge in [-0.05, 0) is 39.8 Å². The zero-order valence-electron chi connectivity index (χ0n) is 15.5. The van der Waals surface area contributed by atoms with Gasteiger partial charge in [0.25, 0.3) is 0 Å². The fourth-order valence-corrected chi connectivity index (χ4v) is 3.42. The van der Waals surface area contributed by atoms with Crippen molar-refractivity contribution >= 4 is 12.1 Å². The zero-order valence-corrected chi connectivity index (χ0v) is 15.5. The normalized spacial score (nSPS) is 18.8. The van der Waals surface area contributed by atoms with Crippen molar-refractivity contribution in [1.29, 1.82) is 0 Å². The first kappa shape index (κ1) is 18.8. The summed E-state index contributed by atoms with van der Waals surface area (Å²) < 4.78 is 0. The number of hydrogen-bond donors (Lipinski definition) is 0. The molecule has 2 rings (SSSR count). The van der Waals surface area contributed by atoms with Crippen molar-refractivity contribution in [2.75, 3.05) is 72.5 Å². The highest BCUT2D eigenvalue weighted by Crippen LogP contribution is 2.09. The second kappa shape index (κ2) is 9.11. The quantitative estimate of drug-likeness (QED) is 0.757. The fraction of sp³-hybridized carbons (Fsp3) is 0.882. The van der Waals surface area contributed by atoms with Crippen LogP contribution in [-0.4, -0.2) is 109 Å². The lowest BCUT2D eigenvalue weighted by molar-refractivity contribution is 0.108. The summed E-state index contributed by atoms with van der Waals surface area (Å²) >= 11 is 0. The van der Waals surface area contributed by atoms with Crippen molar-refractivity contribution in [2.45, 2.75) is 26.7 Å². The third kappa shape index (κ3) is 4.75. The molecule has 2 aliphatic rings. The standard InChI is InChI=1S/C17H33N5O2/c1-4-20(5-2)17(24)22-14-12-21(13-15-22)16(23)18(3)10-11-19-8-6-7-9-19/h4-15H2,1-3H3. The number of carbonyl (C=O) groups excluding carboxylic acids is 2. The molecule has 0 saturated carbocycles. The molecule has 2 heterocycles. The van der Waals surface area contributed by atoms with Crippen molar-refractivity contribution in [3.63, 3.8) is 0 Å². The van der Waals surface area contributed by atoms with E-state index in [1.54, 1.807) is 0 Å². The number of rotatable bonds is 5. The maximum Gasteiger partial charge on any atom is 0.320 e. The van der Waals surface area contributed by atoms with E-state index in [1.807, 2.05) is 40.5 Å². The van der Waals surface area contributed by atoms with E-state index in [1.165, 1.54) is 12.8 Å². The molecule has 2 saturated heterocycles. The van der Waals surface area contributed by atoms with Gasteiger partial charge in [-0.3, -0.25) is 0 Å². The Bertz CT molecular complexity index is 413. The number of nitrogens with zero attached hydrogens (tertiary/aromatic N) is 5. The summed E-state index contributed by atoms with van der Waals surface area (Å²) in [6.45, 7) is 12.0. The molecule has 7 heteroatoms. The Kier molecular flexibility index (Phi) is 7.15. The average Bonchev–Trinajstić information content (AvgIpc) is 3.13. The van der Waals surface area contributed by atoms with Crippen LogP contribution in [0.4, 0.5) is 9.59 Å². The Balaban J connectivity index is 1.74. The van der Waals surface area contributed by atoms with Gasteiger partial charge in [0.05, 0.1) is 0 Å². The fourth-order valence-electron chi connectivity index (χ4n) is 3.42. The molecule has 0 aromatic heterocycles. The summed E-state index contributed by atoms with van der Waals surface area (Å²) in [5.41, 5.74) is 0. The summed E-state index contributed by atoms with van der Waals surface area (Å²) in [7, 11) is 1.88. The van der Waals surface area contributed by atoms with Crippen LogP contribution in [0.5, 0.6) is 0 Å². The summed E-state index contributed by atoms with van der Waals surface area (Å²) in [4.78, 5) is 34.7. The minimum absolute atomic E-state index is 0.0872. The van der Waals surface area contributed by atoms with Crippen LogP contribution in [0.3, 0.4) is 0 Å². The first-order valence-corrected chi connectivity index (χ1v) is 9.33. The Hall–Kier alpha value is -1.50. The van der Waals surface area contributed by atoms with Gasteiger partial charge in [0.1, 0.15) is 0 Å². The average molecular weight is 339 g/mol. The largest absolute Gasteiger partial charge is 0.326 e. The van der Waals surface area contributed by atoms with E-state index in [2.05, 4.69) is 4.90 Å². The second-order valence-corrected chi connectivity index (χ2v) is 6.68. The molecule has 24 heavy (non-hydrogen) atoms. The number of carbonyl (C=O) groups is 2. The lowest BCUT2D eigenvalue weighted by atomic mass is 10.3. The number of urea groups is 2. The number of hydrogen-bond acceptors (Lipinski definition) is 3. The predicted molar refractivity (Wildman–Crippen MR) is 95.2 cm³/mol. The summed E-state index contributed by atoms with van der Waals surface area (Å²) in [6, 6.07) is 0.179. The maximum atomic E-state index is 12.5. The number of amides is 4. The summed E-state index contributed by atoms with van der Waals surface area (Å²) in [6.07, 6.45) is 2.56. The molecular formula is C17H33N5O2. The topological polar surface area (TPSA) is 50.3 Å². The van der Waals surface area contributed by atoms with Gasteiger partial charge >= 0.3 is 12.1 Å². The molecule has 2 fully saturated rings. The van der Waals surface area contributed by atoms with E-state index in [-0.39, 0.29) is 12.1 Å². The smallest absolute Gasteiger partial charge is 0.320 e. The molecule has 0 aromatic rings. The number of piperazine rings is 1. The lowest BCUT2D eigenvalue weighted by Gasteiger charge is -2.38. The maximum absolute atomic E-state index is 12.5. The third-order valence-corrected chi connectivity index (χ3v) is 5.13. The molecule has 0 aliphatic carbocycles. The first-order valence-electron chi connectivity index (χ1n) is 9.33. The minimum Gasteiger partial charge on any atom is -0.326 e. The molecule has 0 unspecified atom stereocenters. The van der Waals surface area contributed by atoms with E-state index in [0.29, 0.717) is 26.2 Å². The van der Waals surface area contributed by atoms with E-state index in [4.69, 9.17) is 0 Å². The molecule has 0 bridgehead atoms. The third-order valence-electron chi connectivity index (χ3n) is 5.13. The van der Waals surface area contributed by atoms with E-state index in [0.717, 1.165) is 39.3 Å². The van der Waals surface area contributed by atoms with Gasteiger partial charge in [-0.1, -0.05) is 0 Å². The van der Waals surface area contributed by atoms with Gasteiger partial charge in [-0.15, -0.1) is 0 Å². The predicted octanol–water partition coefficient (Wildman–Crippen LogP) is 1.21. The molecule has 0 N–H and O–H groups in total. The van der Waals surface area contributed by atoms with Crippen LogP contribution in [0.15, 0.2) is 0 Å². The SMILES string of the molecule is CCN(CC)C(=O)N1CCN(C(=O)N(C)CCN2CCCC2)CC1. The highest BCUT2D eigenvalue weighted by molar-refractivity contribution is 5.76. The van der Waals surface area contributed by atoms with Crippen molar-refractivity contribution in [3.8, 4) is 0 Å². The van der Waals surface area contributed by atoms with Crippen molar-refractivity contribution in [1.82, 2.24) is 24.5 Å². The minimum atomic E-state index is 0.0872. The lowest BCUT2D eigenvalue weighted by Crippen LogP contribution is -2.56. The molecule has 2 aliphatic heterocycles. The van der Waals surface area contributed by atoms with Crippen LogP contribution in [0.1, 0.15) is 26.7 Å². The molecule has 7 nitrogen and oxygen atoms in total. The van der Waals surface area contributed by atoms with Crippen LogP contribution >= 0.6 is 0 Å². The van der Waals surface area contributed by atoms with Crippen LogP contribution in [0, 0.1) is 0 Å². The summed E-state index contributed by atoms with van der Waals surface area (Å²) in [5.74, 6) is 0. The monoisotopic (exact) mass is 339 g/mol. The Morgan fingerprint density at radius 2 is 1.33 bits per heavy atom. The van der Waals surface area contributed by atoms with Crippen LogP contribution in [0.2, 0.25) is 0 Å². The van der Waals surface area contributed by atoms with E-state index in [9.17, 15) is 9.59 Å². The van der Waals surface area contributed by atoms with Crippen molar-refractivity contribution in [3.05, 3.63) is 0 Å². The van der Waals surface area contributed by atoms with Gasteiger partial charge in [0, 0.05) is 59.4 Å². The molecule has 138 valence electrons. The van der Waals surface area contributed by atoms with Gasteiger partial charge in [0.2, 0.25) is 0 Å². The zero-order chi connectivity index (χ0) is 17.5. The van der Waals surface area contributed by atoms with Crippen LogP contribution in [0.25, 0.3) is 0 Å². The van der Waals surface area contributed by atoms with Crippen molar-refractivity contribution in [2.24, 2.45) is 0 Å². The Labute approximate surface area is 146 Å². The molecular weight excluding hydrogens is 306 g/mol. The van der Waals surface area contributed by atoms with E-state index < -0.39 is 0 Å². The highest BCUT2D eigenvalue weighted by atomic mass is 16.2. The van der Waals surface area contributed by atoms with Gasteiger partial charge in [-0.25, -0.2) is 9.59 Å². The van der Waals surface area contributed by atoms with Gasteiger partial charge < -0.3 is 24.5 Å². The molecule has 0 spiro atoms. The Morgan fingerprint density at radius 1 is 0.833 bits per heavy atom. The summed E-state index contributed by atoms with van der Waals surface area (Å²) in [5, 5.41) is 0.